The van der Waals surface area contributed by atoms with E-state index < -0.39 is 11.6 Å². The van der Waals surface area contributed by atoms with Crippen LogP contribution in [0.3, 0.4) is 0 Å². The molecule has 3 amide bonds. The standard InChI is InChI=1S/C11H18N2O4/c1-16-7-10(17-2)3-5-11(6-4-10)8(14)12-9(15)13-11/h3-7H2,1-2H3,(H2,12,13,14,15)/t10-,11-. The first kappa shape index (κ1) is 12.3. The van der Waals surface area contributed by atoms with E-state index in [9.17, 15) is 9.59 Å². The minimum Gasteiger partial charge on any atom is -0.382 e. The summed E-state index contributed by atoms with van der Waals surface area (Å²) < 4.78 is 10.7. The molecule has 0 radical (unpaired) electrons. The minimum atomic E-state index is -0.729. The maximum Gasteiger partial charge on any atom is 0.322 e. The first-order valence-electron chi connectivity index (χ1n) is 5.74. The average Bonchev–Trinajstić information content (AvgIpc) is 2.58. The second-order valence-electron chi connectivity index (χ2n) is 4.81. The monoisotopic (exact) mass is 242 g/mol. The van der Waals surface area contributed by atoms with Crippen molar-refractivity contribution < 1.29 is 19.1 Å². The fourth-order valence-corrected chi connectivity index (χ4v) is 2.68. The van der Waals surface area contributed by atoms with Crippen LogP contribution in [0.1, 0.15) is 25.7 Å². The van der Waals surface area contributed by atoms with Crippen molar-refractivity contribution in [3.05, 3.63) is 0 Å². The number of ether oxygens (including phenoxy) is 2. The number of rotatable bonds is 3. The van der Waals surface area contributed by atoms with Crippen molar-refractivity contribution in [1.29, 1.82) is 0 Å². The van der Waals surface area contributed by atoms with Crippen molar-refractivity contribution in [3.8, 4) is 0 Å². The molecule has 1 aliphatic carbocycles. The number of amides is 3. The van der Waals surface area contributed by atoms with Crippen LogP contribution in [0.4, 0.5) is 4.79 Å². The molecule has 1 spiro atoms. The zero-order valence-electron chi connectivity index (χ0n) is 10.2. The van der Waals surface area contributed by atoms with E-state index in [1.165, 1.54) is 0 Å². The largest absolute Gasteiger partial charge is 0.382 e. The average molecular weight is 242 g/mol. The highest BCUT2D eigenvalue weighted by Gasteiger charge is 2.51. The third kappa shape index (κ3) is 2.02. The quantitative estimate of drug-likeness (QED) is 0.692. The van der Waals surface area contributed by atoms with Gasteiger partial charge in [-0.25, -0.2) is 4.79 Å². The molecule has 1 heterocycles. The lowest BCUT2D eigenvalue weighted by atomic mass is 9.74. The third-order valence-electron chi connectivity index (χ3n) is 3.87. The van der Waals surface area contributed by atoms with Gasteiger partial charge in [0.1, 0.15) is 5.54 Å². The van der Waals surface area contributed by atoms with Crippen LogP contribution in [0, 0.1) is 0 Å². The molecule has 2 fully saturated rings. The van der Waals surface area contributed by atoms with Gasteiger partial charge in [-0.1, -0.05) is 0 Å². The number of urea groups is 1. The highest BCUT2D eigenvalue weighted by atomic mass is 16.5. The molecule has 0 unspecified atom stereocenters. The zero-order valence-corrected chi connectivity index (χ0v) is 10.2. The number of nitrogens with one attached hydrogen (secondary N) is 2. The fourth-order valence-electron chi connectivity index (χ4n) is 2.68. The van der Waals surface area contributed by atoms with Gasteiger partial charge in [-0.15, -0.1) is 0 Å². The maximum atomic E-state index is 11.8. The van der Waals surface area contributed by atoms with Gasteiger partial charge in [-0.05, 0) is 25.7 Å². The van der Waals surface area contributed by atoms with Gasteiger partial charge in [0.25, 0.3) is 5.91 Å². The number of hydrogen-bond donors (Lipinski definition) is 2. The summed E-state index contributed by atoms with van der Waals surface area (Å²) in [5.41, 5.74) is -1.06. The second-order valence-corrected chi connectivity index (χ2v) is 4.81. The number of methoxy groups -OCH3 is 2. The Morgan fingerprint density at radius 3 is 2.24 bits per heavy atom. The Bertz CT molecular complexity index is 334. The Morgan fingerprint density at radius 2 is 1.82 bits per heavy atom. The van der Waals surface area contributed by atoms with Gasteiger partial charge in [-0.3, -0.25) is 10.1 Å². The smallest absolute Gasteiger partial charge is 0.322 e. The SMILES string of the molecule is COC[C@]1(OC)CC[C@@]2(CC1)NC(=O)NC2=O. The van der Waals surface area contributed by atoms with Gasteiger partial charge >= 0.3 is 6.03 Å². The summed E-state index contributed by atoms with van der Waals surface area (Å²) in [4.78, 5) is 22.9. The molecule has 0 aromatic heterocycles. The summed E-state index contributed by atoms with van der Waals surface area (Å²) in [5, 5.41) is 5.02. The predicted molar refractivity (Wildman–Crippen MR) is 59.5 cm³/mol. The van der Waals surface area contributed by atoms with Crippen LogP contribution in [0.25, 0.3) is 0 Å². The highest BCUT2D eigenvalue weighted by Crippen LogP contribution is 2.38. The lowest BCUT2D eigenvalue weighted by molar-refractivity contribution is -0.131. The Balaban J connectivity index is 2.06. The van der Waals surface area contributed by atoms with Crippen LogP contribution in [-0.4, -0.2) is 43.9 Å². The van der Waals surface area contributed by atoms with Gasteiger partial charge in [0.15, 0.2) is 0 Å². The normalized spacial score (nSPS) is 37.1. The molecular formula is C11H18N2O4. The molecule has 0 atom stereocenters. The molecule has 2 rings (SSSR count). The Morgan fingerprint density at radius 1 is 1.18 bits per heavy atom. The second kappa shape index (κ2) is 4.27. The van der Waals surface area contributed by atoms with E-state index >= 15 is 0 Å². The molecule has 0 bridgehead atoms. The van der Waals surface area contributed by atoms with E-state index in [0.717, 1.165) is 0 Å². The van der Waals surface area contributed by atoms with Gasteiger partial charge in [0, 0.05) is 14.2 Å². The molecule has 2 N–H and O–H groups in total. The van der Waals surface area contributed by atoms with E-state index in [0.29, 0.717) is 32.3 Å². The molecule has 96 valence electrons. The molecule has 6 heteroatoms. The lowest BCUT2D eigenvalue weighted by Crippen LogP contribution is -2.54. The first-order valence-corrected chi connectivity index (χ1v) is 5.74. The van der Waals surface area contributed by atoms with Crippen LogP contribution < -0.4 is 10.6 Å². The summed E-state index contributed by atoms with van der Waals surface area (Å²) in [7, 11) is 3.29. The molecule has 1 aliphatic heterocycles. The van der Waals surface area contributed by atoms with Crippen LogP contribution >= 0.6 is 0 Å². The van der Waals surface area contributed by atoms with Gasteiger partial charge in [0.05, 0.1) is 12.2 Å². The molecule has 1 saturated carbocycles. The molecule has 0 aromatic carbocycles. The van der Waals surface area contributed by atoms with Gasteiger partial charge in [-0.2, -0.15) is 0 Å². The van der Waals surface area contributed by atoms with E-state index in [1.54, 1.807) is 14.2 Å². The van der Waals surface area contributed by atoms with Crippen LogP contribution in [0.15, 0.2) is 0 Å². The molecule has 1 saturated heterocycles. The first-order chi connectivity index (χ1) is 8.06. The van der Waals surface area contributed by atoms with Crippen molar-refractivity contribution in [3.63, 3.8) is 0 Å². The van der Waals surface area contributed by atoms with Crippen molar-refractivity contribution in [2.75, 3.05) is 20.8 Å². The number of hydrogen-bond acceptors (Lipinski definition) is 4. The predicted octanol–water partition coefficient (Wildman–Crippen LogP) is 0.170. The van der Waals surface area contributed by atoms with E-state index in [2.05, 4.69) is 10.6 Å². The Hall–Kier alpha value is -1.14. The maximum absolute atomic E-state index is 11.8. The fraction of sp³-hybridized carbons (Fsp3) is 0.818. The minimum absolute atomic E-state index is 0.218. The highest BCUT2D eigenvalue weighted by molar-refractivity contribution is 6.07. The summed E-state index contributed by atoms with van der Waals surface area (Å²) >= 11 is 0. The molecule has 6 nitrogen and oxygen atoms in total. The van der Waals surface area contributed by atoms with Crippen LogP contribution in [0.2, 0.25) is 0 Å². The summed E-state index contributed by atoms with van der Waals surface area (Å²) in [6.45, 7) is 0.509. The summed E-state index contributed by atoms with van der Waals surface area (Å²) in [5.74, 6) is -0.218. The number of carbonyl (C=O) groups is 2. The van der Waals surface area contributed by atoms with Crippen molar-refractivity contribution in [1.82, 2.24) is 10.6 Å². The molecule has 0 aromatic rings. The lowest BCUT2D eigenvalue weighted by Gasteiger charge is -2.41. The Labute approximate surface area is 100 Å². The van der Waals surface area contributed by atoms with E-state index in [4.69, 9.17) is 9.47 Å². The van der Waals surface area contributed by atoms with Crippen LogP contribution in [0.5, 0.6) is 0 Å². The third-order valence-corrected chi connectivity index (χ3v) is 3.87. The van der Waals surface area contributed by atoms with E-state index in [-0.39, 0.29) is 11.5 Å². The summed E-state index contributed by atoms with van der Waals surface area (Å²) in [6.07, 6.45) is 2.57. The van der Waals surface area contributed by atoms with E-state index in [1.807, 2.05) is 0 Å². The van der Waals surface area contributed by atoms with Crippen molar-refractivity contribution in [2.45, 2.75) is 36.8 Å². The molecule has 2 aliphatic rings. The molecule has 17 heavy (non-hydrogen) atoms. The van der Waals surface area contributed by atoms with Gasteiger partial charge < -0.3 is 14.8 Å². The topological polar surface area (TPSA) is 76.7 Å². The van der Waals surface area contributed by atoms with Crippen LogP contribution in [-0.2, 0) is 14.3 Å². The Kier molecular flexibility index (Phi) is 3.09. The number of imide groups is 1. The number of carbonyl (C=O) groups excluding carboxylic acids is 2. The van der Waals surface area contributed by atoms with Gasteiger partial charge in [0.2, 0.25) is 0 Å². The molecular weight excluding hydrogens is 224 g/mol. The summed E-state index contributed by atoms with van der Waals surface area (Å²) in [6, 6.07) is -0.397. The van der Waals surface area contributed by atoms with Crippen molar-refractivity contribution >= 4 is 11.9 Å². The zero-order chi connectivity index (χ0) is 12.5. The van der Waals surface area contributed by atoms with Crippen molar-refractivity contribution in [2.24, 2.45) is 0 Å².